The second kappa shape index (κ2) is 7.68. The molecular weight excluding hydrogens is 356 g/mol. The van der Waals surface area contributed by atoms with Crippen LogP contribution >= 0.6 is 0 Å². The fourth-order valence-electron chi connectivity index (χ4n) is 3.40. The molecule has 1 saturated heterocycles. The van der Waals surface area contributed by atoms with Gasteiger partial charge in [0.25, 0.3) is 5.91 Å². The van der Waals surface area contributed by atoms with Crippen molar-refractivity contribution in [1.82, 2.24) is 5.32 Å². The van der Waals surface area contributed by atoms with Gasteiger partial charge in [-0.3, -0.25) is 14.4 Å². The number of nitrogens with one attached hydrogen (secondary N) is 1. The van der Waals surface area contributed by atoms with Crippen molar-refractivity contribution in [2.75, 3.05) is 11.4 Å². The second-order valence-electron chi connectivity index (χ2n) is 6.83. The molecule has 3 aromatic rings. The average Bonchev–Trinajstić information content (AvgIpc) is 2.72. The molecule has 0 radical (unpaired) electrons. The van der Waals surface area contributed by atoms with E-state index in [4.69, 9.17) is 4.42 Å². The first kappa shape index (κ1) is 18.0. The largest absolute Gasteiger partial charge is 0.451 e. The molecule has 4 rings (SSSR count). The van der Waals surface area contributed by atoms with Crippen molar-refractivity contribution in [3.05, 3.63) is 76.1 Å². The normalized spacial score (nSPS) is 14.3. The molecule has 2 aromatic carbocycles. The van der Waals surface area contributed by atoms with Gasteiger partial charge in [0.1, 0.15) is 5.58 Å². The summed E-state index contributed by atoms with van der Waals surface area (Å²) in [5, 5.41) is 3.22. The predicted octanol–water partition coefficient (Wildman–Crippen LogP) is 3.24. The number of hydrogen-bond donors (Lipinski definition) is 1. The monoisotopic (exact) mass is 376 g/mol. The molecule has 0 spiro atoms. The maximum atomic E-state index is 12.4. The zero-order valence-electron chi connectivity index (χ0n) is 15.3. The van der Waals surface area contributed by atoms with Gasteiger partial charge >= 0.3 is 0 Å². The SMILES string of the molecule is O=C(NCc1cccc(N2CCCCC2=O)c1)c1cc(=O)c2ccccc2o1. The Morgan fingerprint density at radius 3 is 2.75 bits per heavy atom. The quantitative estimate of drug-likeness (QED) is 0.758. The molecule has 28 heavy (non-hydrogen) atoms. The Labute approximate surface area is 161 Å². The van der Waals surface area contributed by atoms with Crippen molar-refractivity contribution in [3.8, 4) is 0 Å². The number of nitrogens with zero attached hydrogens (tertiary/aromatic N) is 1. The topological polar surface area (TPSA) is 79.6 Å². The van der Waals surface area contributed by atoms with Crippen molar-refractivity contribution in [2.24, 2.45) is 0 Å². The first-order chi connectivity index (χ1) is 13.6. The molecule has 0 saturated carbocycles. The summed E-state index contributed by atoms with van der Waals surface area (Å²) in [7, 11) is 0. The van der Waals surface area contributed by atoms with Crippen molar-refractivity contribution >= 4 is 28.5 Å². The Bertz CT molecular complexity index is 1100. The van der Waals surface area contributed by atoms with Gasteiger partial charge in [-0.1, -0.05) is 24.3 Å². The number of para-hydroxylation sites is 1. The minimum atomic E-state index is -0.456. The lowest BCUT2D eigenvalue weighted by Gasteiger charge is -2.27. The lowest BCUT2D eigenvalue weighted by molar-refractivity contribution is -0.119. The van der Waals surface area contributed by atoms with Gasteiger partial charge in [-0.05, 0) is 42.7 Å². The number of anilines is 1. The van der Waals surface area contributed by atoms with Crippen LogP contribution in [0.1, 0.15) is 35.4 Å². The van der Waals surface area contributed by atoms with Crippen LogP contribution in [0.2, 0.25) is 0 Å². The summed E-state index contributed by atoms with van der Waals surface area (Å²) >= 11 is 0. The average molecular weight is 376 g/mol. The molecule has 0 unspecified atom stereocenters. The summed E-state index contributed by atoms with van der Waals surface area (Å²) in [6.45, 7) is 0.988. The highest BCUT2D eigenvalue weighted by Gasteiger charge is 2.19. The van der Waals surface area contributed by atoms with Gasteiger partial charge in [-0.2, -0.15) is 0 Å². The fraction of sp³-hybridized carbons (Fsp3) is 0.227. The van der Waals surface area contributed by atoms with Crippen LogP contribution in [0.4, 0.5) is 5.69 Å². The molecule has 0 atom stereocenters. The van der Waals surface area contributed by atoms with E-state index in [1.165, 1.54) is 6.07 Å². The summed E-state index contributed by atoms with van der Waals surface area (Å²) in [6, 6.07) is 15.6. The third kappa shape index (κ3) is 3.67. The standard InChI is InChI=1S/C22H20N2O4/c25-18-13-20(28-19-9-2-1-8-17(18)19)22(27)23-14-15-6-5-7-16(12-15)24-11-4-3-10-21(24)26/h1-2,5-9,12-13H,3-4,10-11,14H2,(H,23,27). The Balaban J connectivity index is 1.49. The minimum absolute atomic E-state index is 0.0222. The summed E-state index contributed by atoms with van der Waals surface area (Å²) in [4.78, 5) is 38.5. The Hall–Kier alpha value is -3.41. The lowest BCUT2D eigenvalue weighted by Crippen LogP contribution is -2.35. The highest BCUT2D eigenvalue weighted by molar-refractivity contribution is 5.94. The van der Waals surface area contributed by atoms with Gasteiger partial charge < -0.3 is 14.6 Å². The predicted molar refractivity (Wildman–Crippen MR) is 106 cm³/mol. The number of fused-ring (bicyclic) bond motifs is 1. The molecule has 2 amide bonds. The second-order valence-corrected chi connectivity index (χ2v) is 6.83. The lowest BCUT2D eigenvalue weighted by atomic mass is 10.1. The van der Waals surface area contributed by atoms with E-state index in [0.29, 0.717) is 17.4 Å². The Morgan fingerprint density at radius 1 is 1.04 bits per heavy atom. The van der Waals surface area contributed by atoms with Crippen LogP contribution in [-0.2, 0) is 11.3 Å². The Morgan fingerprint density at radius 2 is 1.89 bits per heavy atom. The molecule has 6 nitrogen and oxygen atoms in total. The molecule has 1 N–H and O–H groups in total. The first-order valence-electron chi connectivity index (χ1n) is 9.32. The number of hydrogen-bond acceptors (Lipinski definition) is 4. The zero-order chi connectivity index (χ0) is 19.5. The summed E-state index contributed by atoms with van der Waals surface area (Å²) in [6.07, 6.45) is 2.50. The highest BCUT2D eigenvalue weighted by Crippen LogP contribution is 2.22. The van der Waals surface area contributed by atoms with Gasteiger partial charge in [-0.25, -0.2) is 0 Å². The number of rotatable bonds is 4. The van der Waals surface area contributed by atoms with Gasteiger partial charge in [0.2, 0.25) is 5.91 Å². The van der Waals surface area contributed by atoms with Gasteiger partial charge in [0.05, 0.1) is 5.39 Å². The van der Waals surface area contributed by atoms with Crippen LogP contribution in [0, 0.1) is 0 Å². The van der Waals surface area contributed by atoms with Gasteiger partial charge in [-0.15, -0.1) is 0 Å². The number of carbonyl (C=O) groups excluding carboxylic acids is 2. The molecule has 0 aliphatic carbocycles. The van der Waals surface area contributed by atoms with E-state index in [-0.39, 0.29) is 23.6 Å². The molecule has 6 heteroatoms. The fourth-order valence-corrected chi connectivity index (χ4v) is 3.40. The van der Waals surface area contributed by atoms with Gasteiger partial charge in [0.15, 0.2) is 11.2 Å². The third-order valence-electron chi connectivity index (χ3n) is 4.86. The molecule has 1 fully saturated rings. The number of benzene rings is 2. The van der Waals surface area contributed by atoms with Crippen LogP contribution in [0.3, 0.4) is 0 Å². The van der Waals surface area contributed by atoms with Crippen molar-refractivity contribution in [2.45, 2.75) is 25.8 Å². The smallest absolute Gasteiger partial charge is 0.287 e. The van der Waals surface area contributed by atoms with Crippen LogP contribution < -0.4 is 15.6 Å². The van der Waals surface area contributed by atoms with Crippen molar-refractivity contribution in [1.29, 1.82) is 0 Å². The van der Waals surface area contributed by atoms with E-state index in [2.05, 4.69) is 5.32 Å². The van der Waals surface area contributed by atoms with Crippen molar-refractivity contribution < 1.29 is 14.0 Å². The van der Waals surface area contributed by atoms with E-state index in [0.717, 1.165) is 30.6 Å². The molecular formula is C22H20N2O4. The van der Waals surface area contributed by atoms with E-state index in [1.807, 2.05) is 24.3 Å². The van der Waals surface area contributed by atoms with Gasteiger partial charge in [0, 0.05) is 31.3 Å². The molecule has 2 heterocycles. The zero-order valence-corrected chi connectivity index (χ0v) is 15.3. The highest BCUT2D eigenvalue weighted by atomic mass is 16.3. The number of piperidine rings is 1. The van der Waals surface area contributed by atoms with Crippen LogP contribution in [0.5, 0.6) is 0 Å². The molecule has 1 aliphatic rings. The maximum Gasteiger partial charge on any atom is 0.287 e. The molecule has 1 aromatic heterocycles. The molecule has 142 valence electrons. The van der Waals surface area contributed by atoms with E-state index < -0.39 is 5.91 Å². The minimum Gasteiger partial charge on any atom is -0.451 e. The van der Waals surface area contributed by atoms with Crippen LogP contribution in [0.25, 0.3) is 11.0 Å². The van der Waals surface area contributed by atoms with E-state index in [9.17, 15) is 14.4 Å². The Kier molecular flexibility index (Phi) is 4.93. The number of amides is 2. The summed E-state index contributed by atoms with van der Waals surface area (Å²) in [5.41, 5.74) is 1.84. The maximum absolute atomic E-state index is 12.4. The van der Waals surface area contributed by atoms with E-state index >= 15 is 0 Å². The van der Waals surface area contributed by atoms with Crippen LogP contribution in [-0.4, -0.2) is 18.4 Å². The number of carbonyl (C=O) groups is 2. The van der Waals surface area contributed by atoms with E-state index in [1.54, 1.807) is 29.2 Å². The molecule has 1 aliphatic heterocycles. The van der Waals surface area contributed by atoms with Crippen LogP contribution in [0.15, 0.2) is 63.8 Å². The third-order valence-corrected chi connectivity index (χ3v) is 4.86. The summed E-state index contributed by atoms with van der Waals surface area (Å²) < 4.78 is 5.56. The van der Waals surface area contributed by atoms with Crippen molar-refractivity contribution in [3.63, 3.8) is 0 Å². The summed E-state index contributed by atoms with van der Waals surface area (Å²) in [5.74, 6) is -0.348. The first-order valence-corrected chi connectivity index (χ1v) is 9.32. The molecule has 0 bridgehead atoms.